The Balaban J connectivity index is 1.73. The Labute approximate surface area is 151 Å². The Morgan fingerprint density at radius 3 is 2.80 bits per heavy atom. The number of ketones is 1. The molecule has 2 aliphatic rings. The number of carbonyl (C=O) groups excluding carboxylic acids is 2. The molecule has 0 radical (unpaired) electrons. The Morgan fingerprint density at radius 2 is 2.04 bits per heavy atom. The molecular weight excluding hydrogens is 316 g/mol. The molecule has 2 rings (SSSR count). The first-order valence-electron chi connectivity index (χ1n) is 9.47. The summed E-state index contributed by atoms with van der Waals surface area (Å²) in [5, 5.41) is 0. The third-order valence-electron chi connectivity index (χ3n) is 4.79. The van der Waals surface area contributed by atoms with Crippen molar-refractivity contribution >= 4 is 11.8 Å². The highest BCUT2D eigenvalue weighted by Crippen LogP contribution is 2.35. The van der Waals surface area contributed by atoms with Gasteiger partial charge in [0, 0.05) is 18.4 Å². The van der Waals surface area contributed by atoms with E-state index in [0.29, 0.717) is 12.8 Å². The number of allylic oxidation sites excluding steroid dienone is 5. The highest BCUT2D eigenvalue weighted by atomic mass is 16.6. The van der Waals surface area contributed by atoms with Crippen molar-refractivity contribution in [3.05, 3.63) is 35.5 Å². The summed E-state index contributed by atoms with van der Waals surface area (Å²) in [4.78, 5) is 23.2. The number of hydrogen-bond acceptors (Lipinski definition) is 4. The van der Waals surface area contributed by atoms with E-state index in [-0.39, 0.29) is 24.0 Å². The lowest BCUT2D eigenvalue weighted by atomic mass is 9.99. The number of methoxy groups -OCH3 is 1. The summed E-state index contributed by atoms with van der Waals surface area (Å²) in [6, 6.07) is 0. The van der Waals surface area contributed by atoms with E-state index in [1.54, 1.807) is 6.08 Å². The van der Waals surface area contributed by atoms with E-state index in [4.69, 9.17) is 4.74 Å². The predicted octanol–water partition coefficient (Wildman–Crippen LogP) is 4.45. The van der Waals surface area contributed by atoms with Gasteiger partial charge in [-0.1, -0.05) is 38.0 Å². The van der Waals surface area contributed by atoms with Crippen LogP contribution in [0.4, 0.5) is 0 Å². The Kier molecular flexibility index (Phi) is 8.13. The zero-order valence-electron chi connectivity index (χ0n) is 15.5. The summed E-state index contributed by atoms with van der Waals surface area (Å²) in [6.07, 6.45) is 16.7. The average molecular weight is 346 g/mol. The van der Waals surface area contributed by atoms with E-state index in [1.165, 1.54) is 26.4 Å². The van der Waals surface area contributed by atoms with Crippen LogP contribution in [0.25, 0.3) is 0 Å². The van der Waals surface area contributed by atoms with Crippen molar-refractivity contribution in [3.8, 4) is 0 Å². The predicted molar refractivity (Wildman–Crippen MR) is 98.2 cm³/mol. The molecule has 4 nitrogen and oxygen atoms in total. The Morgan fingerprint density at radius 1 is 1.20 bits per heavy atom. The number of epoxide rings is 1. The van der Waals surface area contributed by atoms with Gasteiger partial charge in [-0.2, -0.15) is 0 Å². The second-order valence-electron chi connectivity index (χ2n) is 6.76. The van der Waals surface area contributed by atoms with E-state index in [1.807, 2.05) is 6.08 Å². The van der Waals surface area contributed by atoms with E-state index in [9.17, 15) is 9.59 Å². The molecule has 4 heteroatoms. The fourth-order valence-electron chi connectivity index (χ4n) is 3.16. The third kappa shape index (κ3) is 6.62. The standard InChI is InChI=1S/C21H30O4/c1-3-4-5-6-7-8-10-16-13-14-18(22)17(16)15-20-19(25-20)11-9-12-21(23)24-2/h7-8,13-14,19-20H,3-6,9-12,15H2,1-2H3/b8-7-/t19-,20-/m1/s1. The minimum atomic E-state index is -0.178. The van der Waals surface area contributed by atoms with Gasteiger partial charge in [0.05, 0.1) is 19.3 Å². The molecular formula is C21H30O4. The molecule has 2 atom stereocenters. The molecule has 0 N–H and O–H groups in total. The van der Waals surface area contributed by atoms with Crippen molar-refractivity contribution in [2.75, 3.05) is 7.11 Å². The van der Waals surface area contributed by atoms with Gasteiger partial charge >= 0.3 is 5.97 Å². The van der Waals surface area contributed by atoms with Crippen molar-refractivity contribution in [1.82, 2.24) is 0 Å². The first kappa shape index (κ1) is 19.6. The Bertz CT molecular complexity index is 556. The van der Waals surface area contributed by atoms with Gasteiger partial charge in [0.2, 0.25) is 0 Å². The van der Waals surface area contributed by atoms with Gasteiger partial charge < -0.3 is 9.47 Å². The van der Waals surface area contributed by atoms with Crippen molar-refractivity contribution < 1.29 is 19.1 Å². The highest BCUT2D eigenvalue weighted by Gasteiger charge is 2.40. The monoisotopic (exact) mass is 346 g/mol. The lowest BCUT2D eigenvalue weighted by molar-refractivity contribution is -0.140. The summed E-state index contributed by atoms with van der Waals surface area (Å²) in [6.45, 7) is 2.21. The second kappa shape index (κ2) is 10.3. The zero-order valence-corrected chi connectivity index (χ0v) is 15.5. The maximum Gasteiger partial charge on any atom is 0.305 e. The second-order valence-corrected chi connectivity index (χ2v) is 6.76. The topological polar surface area (TPSA) is 55.9 Å². The van der Waals surface area contributed by atoms with Crippen LogP contribution < -0.4 is 0 Å². The van der Waals surface area contributed by atoms with Gasteiger partial charge in [0.15, 0.2) is 5.78 Å². The number of carbonyl (C=O) groups is 2. The van der Waals surface area contributed by atoms with Gasteiger partial charge in [0.1, 0.15) is 0 Å². The maximum atomic E-state index is 12.1. The van der Waals surface area contributed by atoms with Crippen LogP contribution >= 0.6 is 0 Å². The maximum absolute atomic E-state index is 12.1. The molecule has 1 saturated heterocycles. The Hall–Kier alpha value is -1.68. The summed E-state index contributed by atoms with van der Waals surface area (Å²) >= 11 is 0. The quantitative estimate of drug-likeness (QED) is 0.227. The molecule has 1 aliphatic carbocycles. The molecule has 1 aliphatic heterocycles. The molecule has 1 fully saturated rings. The molecule has 138 valence electrons. The summed E-state index contributed by atoms with van der Waals surface area (Å²) < 4.78 is 10.3. The van der Waals surface area contributed by atoms with Crippen LogP contribution in [0.15, 0.2) is 35.5 Å². The summed E-state index contributed by atoms with van der Waals surface area (Å²) in [5.41, 5.74) is 2.03. The van der Waals surface area contributed by atoms with Gasteiger partial charge in [-0.25, -0.2) is 0 Å². The largest absolute Gasteiger partial charge is 0.469 e. The number of ether oxygens (including phenoxy) is 2. The van der Waals surface area contributed by atoms with Crippen LogP contribution in [0.5, 0.6) is 0 Å². The highest BCUT2D eigenvalue weighted by molar-refractivity contribution is 6.08. The minimum absolute atomic E-state index is 0.123. The van der Waals surface area contributed by atoms with Gasteiger partial charge in [-0.15, -0.1) is 0 Å². The number of rotatable bonds is 12. The van der Waals surface area contributed by atoms with Crippen LogP contribution in [0.2, 0.25) is 0 Å². The normalized spacial score (nSPS) is 22.2. The SMILES string of the molecule is CCCCC/C=C\CC1=C(C[C@H]2O[C@@H]2CCCC(=O)OC)C(=O)C=C1. The molecule has 0 amide bonds. The van der Waals surface area contributed by atoms with Crippen molar-refractivity contribution in [2.45, 2.75) is 76.9 Å². The molecule has 0 bridgehead atoms. The molecule has 0 unspecified atom stereocenters. The fourth-order valence-corrected chi connectivity index (χ4v) is 3.16. The molecule has 1 heterocycles. The number of esters is 1. The van der Waals surface area contributed by atoms with Crippen LogP contribution in [0, 0.1) is 0 Å². The molecule has 0 aromatic heterocycles. The first-order chi connectivity index (χ1) is 12.2. The average Bonchev–Trinajstić information content (AvgIpc) is 3.26. The van der Waals surface area contributed by atoms with Crippen LogP contribution in [-0.2, 0) is 19.1 Å². The lowest BCUT2D eigenvalue weighted by Gasteiger charge is -2.03. The van der Waals surface area contributed by atoms with Crippen LogP contribution in [-0.4, -0.2) is 31.1 Å². The van der Waals surface area contributed by atoms with Crippen molar-refractivity contribution in [2.24, 2.45) is 0 Å². The minimum Gasteiger partial charge on any atom is -0.469 e. The smallest absolute Gasteiger partial charge is 0.305 e. The third-order valence-corrected chi connectivity index (χ3v) is 4.79. The van der Waals surface area contributed by atoms with E-state index < -0.39 is 0 Å². The molecule has 25 heavy (non-hydrogen) atoms. The first-order valence-corrected chi connectivity index (χ1v) is 9.47. The van der Waals surface area contributed by atoms with Gasteiger partial charge in [-0.3, -0.25) is 9.59 Å². The van der Waals surface area contributed by atoms with E-state index in [0.717, 1.165) is 36.8 Å². The van der Waals surface area contributed by atoms with Crippen molar-refractivity contribution in [1.29, 1.82) is 0 Å². The lowest BCUT2D eigenvalue weighted by Crippen LogP contribution is -2.04. The van der Waals surface area contributed by atoms with Crippen LogP contribution in [0.1, 0.15) is 64.7 Å². The van der Waals surface area contributed by atoms with Crippen LogP contribution in [0.3, 0.4) is 0 Å². The molecule has 0 saturated carbocycles. The molecule has 0 aromatic carbocycles. The zero-order chi connectivity index (χ0) is 18.1. The van der Waals surface area contributed by atoms with E-state index in [2.05, 4.69) is 23.8 Å². The molecule has 0 spiro atoms. The summed E-state index contributed by atoms with van der Waals surface area (Å²) in [5.74, 6) is -0.0544. The van der Waals surface area contributed by atoms with E-state index >= 15 is 0 Å². The summed E-state index contributed by atoms with van der Waals surface area (Å²) in [7, 11) is 1.41. The van der Waals surface area contributed by atoms with Crippen molar-refractivity contribution in [3.63, 3.8) is 0 Å². The number of unbranched alkanes of at least 4 members (excludes halogenated alkanes) is 3. The number of hydrogen-bond donors (Lipinski definition) is 0. The fraction of sp³-hybridized carbons (Fsp3) is 0.619. The van der Waals surface area contributed by atoms with Gasteiger partial charge in [-0.05, 0) is 43.8 Å². The molecule has 0 aromatic rings. The van der Waals surface area contributed by atoms with Gasteiger partial charge in [0.25, 0.3) is 0 Å².